The van der Waals surface area contributed by atoms with Gasteiger partial charge in [0.05, 0.1) is 17.0 Å². The normalized spacial score (nSPS) is 16.4. The molecule has 0 aliphatic carbocycles. The molecular formula is C17H13F3N2O4S. The number of nitrogens with one attached hydrogen (secondary N) is 1. The number of carbonyl (C=O) groups is 2. The second-order valence-corrected chi connectivity index (χ2v) is 7.74. The first kappa shape index (κ1) is 18.9. The van der Waals surface area contributed by atoms with Crippen LogP contribution in [0.2, 0.25) is 0 Å². The van der Waals surface area contributed by atoms with E-state index in [9.17, 15) is 31.2 Å². The van der Waals surface area contributed by atoms with Crippen LogP contribution in [0.1, 0.15) is 22.3 Å². The fraction of sp³-hybridized carbons (Fsp3) is 0.176. The van der Waals surface area contributed by atoms with E-state index in [-0.39, 0.29) is 29.1 Å². The van der Waals surface area contributed by atoms with Crippen molar-refractivity contribution in [2.24, 2.45) is 0 Å². The van der Waals surface area contributed by atoms with Crippen LogP contribution in [-0.4, -0.2) is 26.0 Å². The summed E-state index contributed by atoms with van der Waals surface area (Å²) in [5, 5.41) is 2.43. The maximum Gasteiger partial charge on any atom is 0.416 e. The molecule has 0 bridgehead atoms. The van der Waals surface area contributed by atoms with Gasteiger partial charge in [-0.25, -0.2) is 12.7 Å². The summed E-state index contributed by atoms with van der Waals surface area (Å²) in [6.45, 7) is 0. The quantitative estimate of drug-likeness (QED) is 0.862. The third-order valence-corrected chi connectivity index (χ3v) is 5.58. The van der Waals surface area contributed by atoms with Crippen molar-refractivity contribution in [2.75, 3.05) is 15.4 Å². The van der Waals surface area contributed by atoms with Crippen LogP contribution >= 0.6 is 0 Å². The number of hydrogen-bond acceptors (Lipinski definition) is 4. The summed E-state index contributed by atoms with van der Waals surface area (Å²) < 4.78 is 62.3. The molecule has 1 aliphatic rings. The highest BCUT2D eigenvalue weighted by Crippen LogP contribution is 2.30. The minimum absolute atomic E-state index is 0.0394. The van der Waals surface area contributed by atoms with E-state index < -0.39 is 33.6 Å². The first-order valence-corrected chi connectivity index (χ1v) is 9.33. The fourth-order valence-electron chi connectivity index (χ4n) is 2.59. The molecule has 1 heterocycles. The Morgan fingerprint density at radius 2 is 1.74 bits per heavy atom. The zero-order valence-electron chi connectivity index (χ0n) is 13.7. The van der Waals surface area contributed by atoms with E-state index in [4.69, 9.17) is 0 Å². The monoisotopic (exact) mass is 398 g/mol. The number of halogens is 3. The van der Waals surface area contributed by atoms with Crippen molar-refractivity contribution in [3.05, 3.63) is 59.7 Å². The number of benzene rings is 2. The summed E-state index contributed by atoms with van der Waals surface area (Å²) in [6, 6.07) is 9.32. The van der Waals surface area contributed by atoms with Crippen molar-refractivity contribution < 1.29 is 31.2 Å². The fourth-order valence-corrected chi connectivity index (χ4v) is 4.04. The molecule has 0 radical (unpaired) electrons. The summed E-state index contributed by atoms with van der Waals surface area (Å²) in [6.07, 6.45) is -4.62. The minimum atomic E-state index is -4.48. The maximum absolute atomic E-state index is 12.6. The molecule has 2 aromatic carbocycles. The van der Waals surface area contributed by atoms with Crippen molar-refractivity contribution in [2.45, 2.75) is 12.6 Å². The van der Waals surface area contributed by atoms with Crippen LogP contribution in [0.3, 0.4) is 0 Å². The van der Waals surface area contributed by atoms with Gasteiger partial charge in [-0.3, -0.25) is 9.59 Å². The van der Waals surface area contributed by atoms with E-state index in [1.54, 1.807) is 0 Å². The number of anilines is 2. The number of alkyl halides is 3. The van der Waals surface area contributed by atoms with Crippen molar-refractivity contribution >= 4 is 33.2 Å². The second kappa shape index (κ2) is 6.69. The van der Waals surface area contributed by atoms with Crippen molar-refractivity contribution in [3.63, 3.8) is 0 Å². The lowest BCUT2D eigenvalue weighted by molar-refractivity contribution is -0.137. The van der Waals surface area contributed by atoms with Gasteiger partial charge in [-0.05, 0) is 42.5 Å². The molecule has 2 amide bonds. The smallest absolute Gasteiger partial charge is 0.322 e. The number of sulfonamides is 1. The van der Waals surface area contributed by atoms with E-state index in [0.717, 1.165) is 24.3 Å². The van der Waals surface area contributed by atoms with Crippen molar-refractivity contribution in [1.29, 1.82) is 0 Å². The van der Waals surface area contributed by atoms with Gasteiger partial charge in [0.15, 0.2) is 0 Å². The third-order valence-electron chi connectivity index (χ3n) is 3.89. The molecule has 2 aromatic rings. The molecule has 1 N–H and O–H groups in total. The predicted octanol–water partition coefficient (Wildman–Crippen LogP) is 3.02. The van der Waals surface area contributed by atoms with Crippen LogP contribution in [-0.2, 0) is 21.0 Å². The molecule has 27 heavy (non-hydrogen) atoms. The van der Waals surface area contributed by atoms with Gasteiger partial charge in [0.25, 0.3) is 5.91 Å². The zero-order chi connectivity index (χ0) is 19.8. The SMILES string of the molecule is O=C(Nc1ccc(C(F)(F)F)cc1)c1cccc(N2C(=O)CCS2(=O)=O)c1. The third kappa shape index (κ3) is 3.95. The van der Waals surface area contributed by atoms with E-state index in [1.807, 2.05) is 0 Å². The Labute approximate surface area is 152 Å². The number of hydrogen-bond donors (Lipinski definition) is 1. The average molecular weight is 398 g/mol. The number of carbonyl (C=O) groups excluding carboxylic acids is 2. The molecule has 0 atom stereocenters. The van der Waals surface area contributed by atoms with E-state index >= 15 is 0 Å². The topological polar surface area (TPSA) is 83.6 Å². The zero-order valence-corrected chi connectivity index (χ0v) is 14.5. The lowest BCUT2D eigenvalue weighted by Gasteiger charge is -2.16. The predicted molar refractivity (Wildman–Crippen MR) is 91.7 cm³/mol. The van der Waals surface area contributed by atoms with Gasteiger partial charge in [-0.15, -0.1) is 0 Å². The highest BCUT2D eigenvalue weighted by atomic mass is 32.2. The lowest BCUT2D eigenvalue weighted by Crippen LogP contribution is -2.29. The molecule has 0 spiro atoms. The van der Waals surface area contributed by atoms with Crippen molar-refractivity contribution in [3.8, 4) is 0 Å². The summed E-state index contributed by atoms with van der Waals surface area (Å²) in [4.78, 5) is 24.1. The van der Waals surface area contributed by atoms with Crippen LogP contribution in [0.5, 0.6) is 0 Å². The summed E-state index contributed by atoms with van der Waals surface area (Å²) in [5.41, 5.74) is -0.608. The van der Waals surface area contributed by atoms with Gasteiger partial charge >= 0.3 is 6.18 Å². The van der Waals surface area contributed by atoms with Gasteiger partial charge in [-0.2, -0.15) is 13.2 Å². The molecule has 142 valence electrons. The Morgan fingerprint density at radius 1 is 1.07 bits per heavy atom. The molecule has 1 aliphatic heterocycles. The largest absolute Gasteiger partial charge is 0.416 e. The molecule has 6 nitrogen and oxygen atoms in total. The van der Waals surface area contributed by atoms with Crippen molar-refractivity contribution in [1.82, 2.24) is 0 Å². The summed E-state index contributed by atoms with van der Waals surface area (Å²) in [7, 11) is -3.76. The first-order chi connectivity index (χ1) is 12.6. The Morgan fingerprint density at radius 3 is 2.30 bits per heavy atom. The maximum atomic E-state index is 12.6. The van der Waals surface area contributed by atoms with E-state index in [1.165, 1.54) is 24.3 Å². The molecule has 0 saturated carbocycles. The van der Waals surface area contributed by atoms with Crippen LogP contribution < -0.4 is 9.62 Å². The molecular weight excluding hydrogens is 385 g/mol. The van der Waals surface area contributed by atoms with E-state index in [2.05, 4.69) is 5.32 Å². The lowest BCUT2D eigenvalue weighted by atomic mass is 10.1. The minimum Gasteiger partial charge on any atom is -0.322 e. The number of amides is 2. The Kier molecular flexibility index (Phi) is 4.68. The van der Waals surface area contributed by atoms with Crippen LogP contribution in [0, 0.1) is 0 Å². The number of rotatable bonds is 3. The second-order valence-electron chi connectivity index (χ2n) is 5.80. The molecule has 10 heteroatoms. The number of nitrogens with zero attached hydrogens (tertiary/aromatic N) is 1. The van der Waals surface area contributed by atoms with Crippen LogP contribution in [0.15, 0.2) is 48.5 Å². The highest BCUT2D eigenvalue weighted by Gasteiger charge is 2.36. The van der Waals surface area contributed by atoms with E-state index in [0.29, 0.717) is 4.31 Å². The summed E-state index contributed by atoms with van der Waals surface area (Å²) in [5.74, 6) is -1.54. The first-order valence-electron chi connectivity index (χ1n) is 7.72. The van der Waals surface area contributed by atoms with Gasteiger partial charge < -0.3 is 5.32 Å². The van der Waals surface area contributed by atoms with Gasteiger partial charge in [0.2, 0.25) is 15.9 Å². The Bertz CT molecular complexity index is 1000. The molecule has 1 saturated heterocycles. The van der Waals surface area contributed by atoms with Gasteiger partial charge in [-0.1, -0.05) is 6.07 Å². The average Bonchev–Trinajstić information content (AvgIpc) is 2.87. The highest BCUT2D eigenvalue weighted by molar-refractivity contribution is 7.94. The van der Waals surface area contributed by atoms with Gasteiger partial charge in [0, 0.05) is 17.7 Å². The Balaban J connectivity index is 1.81. The standard InChI is InChI=1S/C17H13F3N2O4S/c18-17(19,20)12-4-6-13(7-5-12)21-16(24)11-2-1-3-14(10-11)22-15(23)8-9-27(22,25)26/h1-7,10H,8-9H2,(H,21,24). The van der Waals surface area contributed by atoms with Crippen LogP contribution in [0.25, 0.3) is 0 Å². The molecule has 1 fully saturated rings. The van der Waals surface area contributed by atoms with Gasteiger partial charge in [0.1, 0.15) is 0 Å². The molecule has 0 unspecified atom stereocenters. The molecule has 3 rings (SSSR count). The van der Waals surface area contributed by atoms with Crippen LogP contribution in [0.4, 0.5) is 24.5 Å². The molecule has 0 aromatic heterocycles. The Hall–Kier alpha value is -2.88. The summed E-state index contributed by atoms with van der Waals surface area (Å²) >= 11 is 0.